The molecule has 1 saturated heterocycles. The van der Waals surface area contributed by atoms with Crippen molar-refractivity contribution in [3.63, 3.8) is 0 Å². The van der Waals surface area contributed by atoms with Gasteiger partial charge in [0.2, 0.25) is 0 Å². The van der Waals surface area contributed by atoms with Crippen molar-refractivity contribution in [2.24, 2.45) is 0 Å². The minimum Gasteiger partial charge on any atom is -0.386 e. The fourth-order valence-electron chi connectivity index (χ4n) is 4.43. The summed E-state index contributed by atoms with van der Waals surface area (Å²) >= 11 is 0. The first kappa shape index (κ1) is 23.2. The van der Waals surface area contributed by atoms with Gasteiger partial charge in [0.1, 0.15) is 12.2 Å². The summed E-state index contributed by atoms with van der Waals surface area (Å²) in [4.78, 5) is 25.9. The summed E-state index contributed by atoms with van der Waals surface area (Å²) in [5.74, 6) is -1.47. The second-order valence-electron chi connectivity index (χ2n) is 9.43. The number of hydrogen-bond acceptors (Lipinski definition) is 5. The summed E-state index contributed by atoms with van der Waals surface area (Å²) in [6.45, 7) is 6.89. The van der Waals surface area contributed by atoms with Crippen LogP contribution < -0.4 is 10.6 Å². The highest BCUT2D eigenvalue weighted by atomic mass is 16.8. The van der Waals surface area contributed by atoms with E-state index in [0.29, 0.717) is 16.7 Å². The van der Waals surface area contributed by atoms with E-state index in [1.54, 1.807) is 82.3 Å². The number of nitrogens with one attached hydrogen (secondary N) is 2. The summed E-state index contributed by atoms with van der Waals surface area (Å²) in [7, 11) is 0. The van der Waals surface area contributed by atoms with Gasteiger partial charge in [-0.25, -0.2) is 0 Å². The molecule has 0 saturated carbocycles. The normalized spacial score (nSPS) is 26.2. The van der Waals surface area contributed by atoms with Crippen molar-refractivity contribution in [2.45, 2.75) is 63.4 Å². The molecule has 174 valence electrons. The summed E-state index contributed by atoms with van der Waals surface area (Å²) in [6.07, 6.45) is 0.614. The fourth-order valence-corrected chi connectivity index (χ4v) is 4.43. The molecule has 0 bridgehead atoms. The molecule has 1 aliphatic heterocycles. The molecule has 1 heterocycles. The molecule has 7 heteroatoms. The van der Waals surface area contributed by atoms with Gasteiger partial charge in [0.05, 0.1) is 17.7 Å². The third-order valence-corrected chi connectivity index (χ3v) is 5.90. The van der Waals surface area contributed by atoms with E-state index in [9.17, 15) is 14.7 Å². The Morgan fingerprint density at radius 2 is 1.33 bits per heavy atom. The Bertz CT molecular complexity index is 1040. The zero-order valence-corrected chi connectivity index (χ0v) is 19.2. The molecule has 3 N–H and O–H groups in total. The minimum atomic E-state index is -1.27. The van der Waals surface area contributed by atoms with Crippen LogP contribution in [-0.4, -0.2) is 52.6 Å². The monoisotopic (exact) mass is 450 g/mol. The molecular formula is C26H30N2O5. The van der Waals surface area contributed by atoms with Gasteiger partial charge in [-0.1, -0.05) is 42.5 Å². The maximum Gasteiger partial charge on any atom is 0.251 e. The highest BCUT2D eigenvalue weighted by Crippen LogP contribution is 2.40. The molecule has 4 rings (SSSR count). The van der Waals surface area contributed by atoms with E-state index in [2.05, 4.69) is 10.6 Å². The van der Waals surface area contributed by atoms with E-state index in [0.717, 1.165) is 0 Å². The fraction of sp³-hybridized carbons (Fsp3) is 0.385. The number of hydrogen-bond donors (Lipinski definition) is 3. The Labute approximate surface area is 193 Å². The first-order valence-corrected chi connectivity index (χ1v) is 11.1. The van der Waals surface area contributed by atoms with Crippen LogP contribution in [0.5, 0.6) is 0 Å². The van der Waals surface area contributed by atoms with Gasteiger partial charge in [0, 0.05) is 11.1 Å². The highest BCUT2D eigenvalue weighted by Gasteiger charge is 2.54. The van der Waals surface area contributed by atoms with Gasteiger partial charge in [-0.15, -0.1) is 0 Å². The lowest BCUT2D eigenvalue weighted by atomic mass is 9.79. The van der Waals surface area contributed by atoms with Crippen LogP contribution in [0.2, 0.25) is 0 Å². The van der Waals surface area contributed by atoms with E-state index in [-0.39, 0.29) is 11.8 Å². The highest BCUT2D eigenvalue weighted by molar-refractivity contribution is 5.95. The lowest BCUT2D eigenvalue weighted by molar-refractivity contribution is -0.148. The van der Waals surface area contributed by atoms with Crippen LogP contribution in [0.4, 0.5) is 0 Å². The Morgan fingerprint density at radius 3 is 1.85 bits per heavy atom. The number of carbonyl (C=O) groups is 2. The molecular weight excluding hydrogens is 420 g/mol. The molecule has 2 aromatic carbocycles. The molecule has 2 aliphatic rings. The predicted octanol–water partition coefficient (Wildman–Crippen LogP) is 2.81. The number of ether oxygens (including phenoxy) is 2. The van der Waals surface area contributed by atoms with Crippen molar-refractivity contribution >= 4 is 11.8 Å². The Kier molecular flexibility index (Phi) is 6.14. The molecule has 7 nitrogen and oxygen atoms in total. The number of aliphatic hydroxyl groups is 1. The van der Waals surface area contributed by atoms with Crippen molar-refractivity contribution < 1.29 is 24.2 Å². The summed E-state index contributed by atoms with van der Waals surface area (Å²) < 4.78 is 12.4. The van der Waals surface area contributed by atoms with Crippen molar-refractivity contribution in [1.82, 2.24) is 10.6 Å². The predicted molar refractivity (Wildman–Crippen MR) is 124 cm³/mol. The molecule has 1 fully saturated rings. The second kappa shape index (κ2) is 8.74. The van der Waals surface area contributed by atoms with Crippen molar-refractivity contribution in [3.05, 3.63) is 83.4 Å². The van der Waals surface area contributed by atoms with Crippen LogP contribution in [0.3, 0.4) is 0 Å². The largest absolute Gasteiger partial charge is 0.386 e. The number of benzene rings is 2. The number of amides is 2. The standard InChI is InChI=1S/C26H30N2O5/c1-25(2,31)18-15-19(27-23(29)16-11-7-5-8-12-16)21-22(33-26(3,4)32-21)20(18)28-24(30)17-13-9-6-10-14-17/h5-15,19-22,31H,1-4H3,(H,27,29)(H,28,30)/t19-,20+,21+,22-/m0/s1. The average molecular weight is 451 g/mol. The zero-order chi connectivity index (χ0) is 23.8. The van der Waals surface area contributed by atoms with Crippen molar-refractivity contribution in [3.8, 4) is 0 Å². The van der Waals surface area contributed by atoms with Crippen LogP contribution in [0.25, 0.3) is 0 Å². The molecule has 4 atom stereocenters. The molecule has 0 radical (unpaired) electrons. The first-order valence-electron chi connectivity index (χ1n) is 11.1. The van der Waals surface area contributed by atoms with Crippen LogP contribution in [-0.2, 0) is 9.47 Å². The Morgan fingerprint density at radius 1 is 0.848 bits per heavy atom. The molecule has 33 heavy (non-hydrogen) atoms. The topological polar surface area (TPSA) is 96.9 Å². The average Bonchev–Trinajstić information content (AvgIpc) is 3.11. The van der Waals surface area contributed by atoms with Gasteiger partial charge < -0.3 is 25.2 Å². The maximum absolute atomic E-state index is 13.0. The SMILES string of the molecule is CC1(C)O[C@@H]2[C@H](O1)[C@@H](NC(=O)c1ccccc1)C=C(C(C)(C)O)[C@H]2NC(=O)c1ccccc1. The summed E-state index contributed by atoms with van der Waals surface area (Å²) in [5.41, 5.74) is 0.297. The molecule has 0 spiro atoms. The van der Waals surface area contributed by atoms with Gasteiger partial charge in [0.15, 0.2) is 5.79 Å². The van der Waals surface area contributed by atoms with E-state index < -0.39 is 35.7 Å². The molecule has 2 aromatic rings. The minimum absolute atomic E-state index is 0.259. The van der Waals surface area contributed by atoms with Gasteiger partial charge in [-0.05, 0) is 57.5 Å². The molecule has 0 aromatic heterocycles. The Hall–Kier alpha value is -3.00. The summed E-state index contributed by atoms with van der Waals surface area (Å²) in [5, 5.41) is 17.0. The van der Waals surface area contributed by atoms with E-state index in [4.69, 9.17) is 9.47 Å². The van der Waals surface area contributed by atoms with Gasteiger partial charge in [-0.3, -0.25) is 9.59 Å². The van der Waals surface area contributed by atoms with E-state index in [1.165, 1.54) is 0 Å². The molecule has 0 unspecified atom stereocenters. The van der Waals surface area contributed by atoms with E-state index >= 15 is 0 Å². The smallest absolute Gasteiger partial charge is 0.251 e. The number of carbonyl (C=O) groups excluding carboxylic acids is 2. The molecule has 2 amide bonds. The number of fused-ring (bicyclic) bond motifs is 1. The Balaban J connectivity index is 1.68. The van der Waals surface area contributed by atoms with Crippen molar-refractivity contribution in [1.29, 1.82) is 0 Å². The third kappa shape index (κ3) is 5.00. The lowest BCUT2D eigenvalue weighted by Crippen LogP contribution is -2.60. The lowest BCUT2D eigenvalue weighted by Gasteiger charge is -2.41. The van der Waals surface area contributed by atoms with Gasteiger partial charge >= 0.3 is 0 Å². The van der Waals surface area contributed by atoms with Crippen LogP contribution in [0.15, 0.2) is 72.3 Å². The quantitative estimate of drug-likeness (QED) is 0.609. The third-order valence-electron chi connectivity index (χ3n) is 5.90. The van der Waals surface area contributed by atoms with Gasteiger partial charge in [0.25, 0.3) is 11.8 Å². The maximum atomic E-state index is 13.0. The first-order chi connectivity index (χ1) is 15.5. The van der Waals surface area contributed by atoms with Crippen LogP contribution >= 0.6 is 0 Å². The number of rotatable bonds is 5. The van der Waals surface area contributed by atoms with Gasteiger partial charge in [-0.2, -0.15) is 0 Å². The van der Waals surface area contributed by atoms with Crippen LogP contribution in [0.1, 0.15) is 48.4 Å². The van der Waals surface area contributed by atoms with Crippen molar-refractivity contribution in [2.75, 3.05) is 0 Å². The van der Waals surface area contributed by atoms with Crippen LogP contribution in [0, 0.1) is 0 Å². The summed E-state index contributed by atoms with van der Waals surface area (Å²) in [6, 6.07) is 16.6. The molecule has 1 aliphatic carbocycles. The second-order valence-corrected chi connectivity index (χ2v) is 9.43. The zero-order valence-electron chi connectivity index (χ0n) is 19.2. The van der Waals surface area contributed by atoms with E-state index in [1.807, 2.05) is 12.1 Å².